The van der Waals surface area contributed by atoms with Gasteiger partial charge in [0.2, 0.25) is 0 Å². The van der Waals surface area contributed by atoms with Gasteiger partial charge in [-0.15, -0.1) is 5.10 Å². The number of nitrogens with zero attached hydrogens (tertiary/aromatic N) is 3. The Morgan fingerprint density at radius 3 is 2.67 bits per heavy atom. The van der Waals surface area contributed by atoms with Crippen molar-refractivity contribution in [3.8, 4) is 0 Å². The minimum absolute atomic E-state index is 0.121. The van der Waals surface area contributed by atoms with Gasteiger partial charge in [0.05, 0.1) is 5.69 Å². The first-order valence-corrected chi connectivity index (χ1v) is 9.22. The molecule has 0 radical (unpaired) electrons. The molecule has 2 atom stereocenters. The molecule has 0 saturated carbocycles. The van der Waals surface area contributed by atoms with E-state index in [4.69, 9.17) is 0 Å². The molecule has 1 aliphatic rings. The number of carbonyl (C=O) groups excluding carboxylic acids is 2. The Morgan fingerprint density at radius 1 is 1.25 bits per heavy atom. The first-order chi connectivity index (χ1) is 11.3. The molecule has 0 saturated heterocycles. The van der Waals surface area contributed by atoms with E-state index < -0.39 is 5.41 Å². The Balaban J connectivity index is 2.24. The summed E-state index contributed by atoms with van der Waals surface area (Å²) in [5.41, 5.74) is 0.0418. The van der Waals surface area contributed by atoms with Crippen LogP contribution in [0.1, 0.15) is 78.3 Å². The predicted octanol–water partition coefficient (Wildman–Crippen LogP) is 3.76. The van der Waals surface area contributed by atoms with Gasteiger partial charge in [-0.25, -0.2) is 0 Å². The van der Waals surface area contributed by atoms with Crippen LogP contribution in [-0.4, -0.2) is 26.6 Å². The summed E-state index contributed by atoms with van der Waals surface area (Å²) in [4.78, 5) is 25.1. The molecule has 0 aromatic carbocycles. The Hall–Kier alpha value is -1.52. The molecule has 0 unspecified atom stereocenters. The number of ketones is 2. The fraction of sp³-hybridized carbons (Fsp3) is 0.789. The summed E-state index contributed by atoms with van der Waals surface area (Å²) >= 11 is 0. The van der Waals surface area contributed by atoms with Crippen LogP contribution in [-0.2, 0) is 22.6 Å². The highest BCUT2D eigenvalue weighted by atomic mass is 16.1. The topological polar surface area (TPSA) is 64.8 Å². The van der Waals surface area contributed by atoms with E-state index in [-0.39, 0.29) is 11.2 Å². The van der Waals surface area contributed by atoms with Crippen molar-refractivity contribution in [3.63, 3.8) is 0 Å². The van der Waals surface area contributed by atoms with Gasteiger partial charge in [-0.05, 0) is 32.6 Å². The second-order valence-electron chi connectivity index (χ2n) is 7.91. The number of aromatic nitrogens is 3. The summed E-state index contributed by atoms with van der Waals surface area (Å²) in [5.74, 6) is 0.424. The van der Waals surface area contributed by atoms with Gasteiger partial charge in [0.1, 0.15) is 11.6 Å². The average Bonchev–Trinajstić information content (AvgIpc) is 2.98. The van der Waals surface area contributed by atoms with Gasteiger partial charge in [-0.1, -0.05) is 38.8 Å². The highest BCUT2D eigenvalue weighted by Crippen LogP contribution is 2.35. The van der Waals surface area contributed by atoms with Crippen molar-refractivity contribution in [3.05, 3.63) is 11.9 Å². The zero-order valence-electron chi connectivity index (χ0n) is 15.6. The summed E-state index contributed by atoms with van der Waals surface area (Å²) < 4.78 is 1.88. The van der Waals surface area contributed by atoms with Crippen LogP contribution in [0.15, 0.2) is 6.20 Å². The van der Waals surface area contributed by atoms with Crippen LogP contribution in [0.25, 0.3) is 0 Å². The van der Waals surface area contributed by atoms with Crippen molar-refractivity contribution in [2.24, 2.45) is 10.8 Å². The molecule has 0 amide bonds. The quantitative estimate of drug-likeness (QED) is 0.826. The summed E-state index contributed by atoms with van der Waals surface area (Å²) in [7, 11) is 0. The molecule has 0 aliphatic carbocycles. The number of Topliss-reactive ketones (excluding diaryl/α,β-unsaturated/α-hetero) is 2. The van der Waals surface area contributed by atoms with E-state index >= 15 is 0 Å². The lowest BCUT2D eigenvalue weighted by atomic mass is 9.72. The fourth-order valence-electron chi connectivity index (χ4n) is 3.49. The monoisotopic (exact) mass is 333 g/mol. The molecule has 2 heterocycles. The third kappa shape index (κ3) is 4.31. The van der Waals surface area contributed by atoms with E-state index in [1.54, 1.807) is 6.92 Å². The Kier molecular flexibility index (Phi) is 5.94. The molecular weight excluding hydrogens is 302 g/mol. The van der Waals surface area contributed by atoms with Gasteiger partial charge in [0.25, 0.3) is 0 Å². The molecule has 5 nitrogen and oxygen atoms in total. The van der Waals surface area contributed by atoms with Gasteiger partial charge in [-0.2, -0.15) is 0 Å². The third-order valence-electron chi connectivity index (χ3n) is 5.98. The lowest BCUT2D eigenvalue weighted by Crippen LogP contribution is -2.33. The summed E-state index contributed by atoms with van der Waals surface area (Å²) in [6, 6.07) is 0. The second-order valence-corrected chi connectivity index (χ2v) is 7.91. The maximum atomic E-state index is 12.8. The number of aryl methyl sites for hydroxylation is 1. The predicted molar refractivity (Wildman–Crippen MR) is 93.6 cm³/mol. The Bertz CT molecular complexity index is 595. The number of hydrogen-bond donors (Lipinski definition) is 0. The van der Waals surface area contributed by atoms with Crippen molar-refractivity contribution in [2.45, 2.75) is 85.6 Å². The second kappa shape index (κ2) is 7.58. The molecule has 134 valence electrons. The number of fused-ring (bicyclic) bond motifs is 2. The van der Waals surface area contributed by atoms with Crippen molar-refractivity contribution in [1.29, 1.82) is 0 Å². The maximum absolute atomic E-state index is 12.8. The van der Waals surface area contributed by atoms with E-state index in [1.807, 2.05) is 17.8 Å². The van der Waals surface area contributed by atoms with Crippen LogP contribution in [0.5, 0.6) is 0 Å². The zero-order valence-corrected chi connectivity index (χ0v) is 15.6. The average molecular weight is 333 g/mol. The van der Waals surface area contributed by atoms with Crippen LogP contribution in [0.2, 0.25) is 0 Å². The summed E-state index contributed by atoms with van der Waals surface area (Å²) in [5, 5.41) is 8.41. The molecule has 2 rings (SSSR count). The van der Waals surface area contributed by atoms with Crippen LogP contribution in [0.4, 0.5) is 0 Å². The van der Waals surface area contributed by atoms with Crippen LogP contribution in [0.3, 0.4) is 0 Å². The highest BCUT2D eigenvalue weighted by molar-refractivity contribution is 5.86. The zero-order chi connectivity index (χ0) is 17.8. The molecular formula is C19H31N3O2. The lowest BCUT2D eigenvalue weighted by molar-refractivity contribution is -0.131. The molecule has 5 heteroatoms. The first-order valence-electron chi connectivity index (χ1n) is 9.22. The summed E-state index contributed by atoms with van der Waals surface area (Å²) in [6.45, 7) is 8.61. The molecule has 2 bridgehead atoms. The maximum Gasteiger partial charge on any atom is 0.138 e. The first kappa shape index (κ1) is 18.8. The Labute approximate surface area is 145 Å². The molecule has 1 aromatic rings. The highest BCUT2D eigenvalue weighted by Gasteiger charge is 2.36. The van der Waals surface area contributed by atoms with Crippen LogP contribution in [0, 0.1) is 10.8 Å². The van der Waals surface area contributed by atoms with Crippen molar-refractivity contribution in [2.75, 3.05) is 0 Å². The standard InChI is InChI=1S/C19H31N3O2/c1-5-18(3)10-7-6-8-12-22-14-16(20-21-22)13-19(4,15(2)23)11-9-17(18)24/h14H,5-13H2,1-4H3/t18-,19-/m0/s1. The summed E-state index contributed by atoms with van der Waals surface area (Å²) in [6.07, 6.45) is 8.56. The van der Waals surface area contributed by atoms with Crippen LogP contribution < -0.4 is 0 Å². The Morgan fingerprint density at radius 2 is 2.00 bits per heavy atom. The van der Waals surface area contributed by atoms with E-state index in [0.717, 1.165) is 44.3 Å². The van der Waals surface area contributed by atoms with E-state index in [0.29, 0.717) is 25.0 Å². The molecule has 0 fully saturated rings. The lowest BCUT2D eigenvalue weighted by Gasteiger charge is -2.30. The minimum Gasteiger partial charge on any atom is -0.299 e. The molecule has 0 N–H and O–H groups in total. The van der Waals surface area contributed by atoms with Crippen molar-refractivity contribution < 1.29 is 9.59 Å². The van der Waals surface area contributed by atoms with Crippen molar-refractivity contribution >= 4 is 11.6 Å². The normalized spacial score (nSPS) is 29.9. The number of carbonyl (C=O) groups is 2. The number of rotatable bonds is 2. The SMILES string of the molecule is CC[C@@]1(C)CCCCCn2cc(nn2)C[C@@](C)(C(C)=O)CCC1=O. The van der Waals surface area contributed by atoms with Crippen molar-refractivity contribution in [1.82, 2.24) is 15.0 Å². The molecule has 1 aromatic heterocycles. The van der Waals surface area contributed by atoms with Gasteiger partial charge >= 0.3 is 0 Å². The van der Waals surface area contributed by atoms with E-state index in [2.05, 4.69) is 24.2 Å². The largest absolute Gasteiger partial charge is 0.299 e. The minimum atomic E-state index is -0.546. The molecule has 0 spiro atoms. The van der Waals surface area contributed by atoms with Gasteiger partial charge in [0, 0.05) is 36.4 Å². The van der Waals surface area contributed by atoms with Gasteiger partial charge in [-0.3, -0.25) is 14.3 Å². The fourth-order valence-corrected chi connectivity index (χ4v) is 3.49. The van der Waals surface area contributed by atoms with Gasteiger partial charge in [0.15, 0.2) is 0 Å². The van der Waals surface area contributed by atoms with Gasteiger partial charge < -0.3 is 0 Å². The molecule has 1 aliphatic heterocycles. The smallest absolute Gasteiger partial charge is 0.138 e. The van der Waals surface area contributed by atoms with E-state index in [9.17, 15) is 9.59 Å². The number of hydrogen-bond acceptors (Lipinski definition) is 4. The van der Waals surface area contributed by atoms with E-state index in [1.165, 1.54) is 0 Å². The molecule has 24 heavy (non-hydrogen) atoms. The third-order valence-corrected chi connectivity index (χ3v) is 5.98. The van der Waals surface area contributed by atoms with Crippen LogP contribution >= 0.6 is 0 Å².